The molecule has 0 amide bonds. The van der Waals surface area contributed by atoms with Crippen LogP contribution in [0.2, 0.25) is 0 Å². The van der Waals surface area contributed by atoms with E-state index in [1.807, 2.05) is 37.3 Å². The minimum atomic E-state index is 0.0616. The van der Waals surface area contributed by atoms with E-state index < -0.39 is 0 Å². The first-order valence-electron chi connectivity index (χ1n) is 10.1. The SMILES string of the molecule is CCOc1ccccc1C1NCCc2cc(OC)c(OCc3ccccc3)cc21. The van der Waals surface area contributed by atoms with Crippen LogP contribution in [0.15, 0.2) is 66.7 Å². The van der Waals surface area contributed by atoms with Crippen molar-refractivity contribution in [2.24, 2.45) is 0 Å². The quantitative estimate of drug-likeness (QED) is 0.623. The normalized spacial score (nSPS) is 15.4. The molecule has 1 aliphatic rings. The van der Waals surface area contributed by atoms with Gasteiger partial charge in [0.2, 0.25) is 0 Å². The molecule has 1 aliphatic heterocycles. The summed E-state index contributed by atoms with van der Waals surface area (Å²) in [6.45, 7) is 4.07. The molecule has 1 atom stereocenters. The van der Waals surface area contributed by atoms with Crippen molar-refractivity contribution in [1.82, 2.24) is 5.32 Å². The van der Waals surface area contributed by atoms with Gasteiger partial charge in [-0.05, 0) is 48.2 Å². The third kappa shape index (κ3) is 4.22. The van der Waals surface area contributed by atoms with Gasteiger partial charge in [-0.15, -0.1) is 0 Å². The van der Waals surface area contributed by atoms with Gasteiger partial charge in [-0.3, -0.25) is 0 Å². The first-order chi connectivity index (χ1) is 14.3. The zero-order valence-electron chi connectivity index (χ0n) is 17.0. The molecule has 0 spiro atoms. The molecular weight excluding hydrogens is 362 g/mol. The molecule has 3 aromatic carbocycles. The summed E-state index contributed by atoms with van der Waals surface area (Å²) in [7, 11) is 1.69. The molecule has 4 nitrogen and oxygen atoms in total. The molecule has 1 N–H and O–H groups in total. The van der Waals surface area contributed by atoms with Crippen molar-refractivity contribution in [3.05, 3.63) is 89.0 Å². The van der Waals surface area contributed by atoms with Gasteiger partial charge in [0.15, 0.2) is 11.5 Å². The Morgan fingerprint density at radius 2 is 1.66 bits per heavy atom. The second-order valence-corrected chi connectivity index (χ2v) is 7.08. The molecule has 4 heteroatoms. The Hall–Kier alpha value is -2.98. The van der Waals surface area contributed by atoms with Crippen LogP contribution in [0.5, 0.6) is 17.2 Å². The Kier molecular flexibility index (Phi) is 6.01. The summed E-state index contributed by atoms with van der Waals surface area (Å²) in [6, 6.07) is 22.7. The van der Waals surface area contributed by atoms with Gasteiger partial charge in [0.1, 0.15) is 12.4 Å². The van der Waals surface area contributed by atoms with Gasteiger partial charge in [0, 0.05) is 12.1 Å². The summed E-state index contributed by atoms with van der Waals surface area (Å²) in [5, 5.41) is 3.65. The van der Waals surface area contributed by atoms with Crippen LogP contribution in [0.4, 0.5) is 0 Å². The lowest BCUT2D eigenvalue weighted by atomic mass is 9.89. The van der Waals surface area contributed by atoms with E-state index in [0.717, 1.165) is 41.3 Å². The molecule has 1 heterocycles. The molecule has 0 fully saturated rings. The van der Waals surface area contributed by atoms with E-state index in [1.165, 1.54) is 11.1 Å². The number of nitrogens with one attached hydrogen (secondary N) is 1. The smallest absolute Gasteiger partial charge is 0.162 e. The van der Waals surface area contributed by atoms with E-state index in [4.69, 9.17) is 14.2 Å². The summed E-state index contributed by atoms with van der Waals surface area (Å²) >= 11 is 0. The highest BCUT2D eigenvalue weighted by Crippen LogP contribution is 2.40. The monoisotopic (exact) mass is 389 g/mol. The van der Waals surface area contributed by atoms with Crippen molar-refractivity contribution in [3.63, 3.8) is 0 Å². The second kappa shape index (κ2) is 9.01. The number of hydrogen-bond acceptors (Lipinski definition) is 4. The molecule has 1 unspecified atom stereocenters. The number of ether oxygens (including phenoxy) is 3. The Morgan fingerprint density at radius 1 is 0.862 bits per heavy atom. The molecule has 29 heavy (non-hydrogen) atoms. The van der Waals surface area contributed by atoms with Gasteiger partial charge in [-0.1, -0.05) is 48.5 Å². The van der Waals surface area contributed by atoms with Gasteiger partial charge in [0.25, 0.3) is 0 Å². The summed E-state index contributed by atoms with van der Waals surface area (Å²) < 4.78 is 17.7. The average Bonchev–Trinajstić information content (AvgIpc) is 2.78. The fourth-order valence-electron chi connectivity index (χ4n) is 3.86. The Morgan fingerprint density at radius 3 is 2.45 bits per heavy atom. The van der Waals surface area contributed by atoms with E-state index in [-0.39, 0.29) is 6.04 Å². The zero-order valence-corrected chi connectivity index (χ0v) is 17.0. The predicted molar refractivity (Wildman–Crippen MR) is 115 cm³/mol. The number of fused-ring (bicyclic) bond motifs is 1. The lowest BCUT2D eigenvalue weighted by Crippen LogP contribution is -2.31. The summed E-state index contributed by atoms with van der Waals surface area (Å²) in [6.07, 6.45) is 0.956. The Labute approximate surface area is 172 Å². The van der Waals surface area contributed by atoms with Crippen molar-refractivity contribution in [3.8, 4) is 17.2 Å². The number of para-hydroxylation sites is 1. The maximum atomic E-state index is 6.16. The van der Waals surface area contributed by atoms with Crippen LogP contribution in [0.3, 0.4) is 0 Å². The van der Waals surface area contributed by atoms with Crippen LogP contribution in [0.1, 0.15) is 35.2 Å². The molecule has 0 saturated carbocycles. The lowest BCUT2D eigenvalue weighted by molar-refractivity contribution is 0.283. The fourth-order valence-corrected chi connectivity index (χ4v) is 3.86. The molecule has 3 aromatic rings. The Balaban J connectivity index is 1.69. The molecule has 0 bridgehead atoms. The highest BCUT2D eigenvalue weighted by atomic mass is 16.5. The largest absolute Gasteiger partial charge is 0.494 e. The van der Waals surface area contributed by atoms with Crippen LogP contribution in [0, 0.1) is 0 Å². The van der Waals surface area contributed by atoms with Crippen molar-refractivity contribution in [2.45, 2.75) is 26.0 Å². The molecular formula is C25H27NO3. The molecule has 4 rings (SSSR count). The van der Waals surface area contributed by atoms with Gasteiger partial charge in [0.05, 0.1) is 19.8 Å². The molecule has 0 aliphatic carbocycles. The second-order valence-electron chi connectivity index (χ2n) is 7.08. The van der Waals surface area contributed by atoms with Crippen LogP contribution >= 0.6 is 0 Å². The minimum Gasteiger partial charge on any atom is -0.494 e. The van der Waals surface area contributed by atoms with Crippen LogP contribution in [-0.4, -0.2) is 20.3 Å². The topological polar surface area (TPSA) is 39.7 Å². The molecule has 0 saturated heterocycles. The zero-order chi connectivity index (χ0) is 20.1. The van der Waals surface area contributed by atoms with Crippen molar-refractivity contribution >= 4 is 0 Å². The lowest BCUT2D eigenvalue weighted by Gasteiger charge is -2.29. The first-order valence-corrected chi connectivity index (χ1v) is 10.1. The van der Waals surface area contributed by atoms with Crippen molar-refractivity contribution in [2.75, 3.05) is 20.3 Å². The van der Waals surface area contributed by atoms with Gasteiger partial charge in [-0.25, -0.2) is 0 Å². The third-order valence-electron chi connectivity index (χ3n) is 5.25. The number of benzene rings is 3. The summed E-state index contributed by atoms with van der Waals surface area (Å²) in [5.74, 6) is 2.46. The summed E-state index contributed by atoms with van der Waals surface area (Å²) in [5.41, 5.74) is 4.77. The van der Waals surface area contributed by atoms with E-state index in [0.29, 0.717) is 13.2 Å². The number of hydrogen-bond donors (Lipinski definition) is 1. The van der Waals surface area contributed by atoms with E-state index in [9.17, 15) is 0 Å². The molecule has 0 radical (unpaired) electrons. The fraction of sp³-hybridized carbons (Fsp3) is 0.280. The van der Waals surface area contributed by atoms with Crippen molar-refractivity contribution in [1.29, 1.82) is 0 Å². The Bertz CT molecular complexity index is 956. The molecule has 150 valence electrons. The minimum absolute atomic E-state index is 0.0616. The number of methoxy groups -OCH3 is 1. The van der Waals surface area contributed by atoms with E-state index in [2.05, 4.69) is 41.7 Å². The van der Waals surface area contributed by atoms with Crippen LogP contribution in [-0.2, 0) is 13.0 Å². The van der Waals surface area contributed by atoms with Gasteiger partial charge >= 0.3 is 0 Å². The average molecular weight is 389 g/mol. The molecule has 0 aromatic heterocycles. The predicted octanol–water partition coefficient (Wildman–Crippen LogP) is 4.91. The number of rotatable bonds is 7. The van der Waals surface area contributed by atoms with E-state index >= 15 is 0 Å². The highest BCUT2D eigenvalue weighted by Gasteiger charge is 2.26. The first kappa shape index (κ1) is 19.3. The maximum absolute atomic E-state index is 6.16. The highest BCUT2D eigenvalue weighted by molar-refractivity contribution is 5.53. The summed E-state index contributed by atoms with van der Waals surface area (Å²) in [4.78, 5) is 0. The van der Waals surface area contributed by atoms with Gasteiger partial charge < -0.3 is 19.5 Å². The maximum Gasteiger partial charge on any atom is 0.162 e. The van der Waals surface area contributed by atoms with Crippen LogP contribution < -0.4 is 19.5 Å². The third-order valence-corrected chi connectivity index (χ3v) is 5.25. The standard InChI is InChI=1S/C25H27NO3/c1-3-28-22-12-8-7-11-20(22)25-21-16-24(29-17-18-9-5-4-6-10-18)23(27-2)15-19(21)13-14-26-25/h4-12,15-16,25-26H,3,13-14,17H2,1-2H3. The van der Waals surface area contributed by atoms with Gasteiger partial charge in [-0.2, -0.15) is 0 Å². The van der Waals surface area contributed by atoms with E-state index in [1.54, 1.807) is 7.11 Å². The van der Waals surface area contributed by atoms with Crippen molar-refractivity contribution < 1.29 is 14.2 Å². The van der Waals surface area contributed by atoms with Crippen LogP contribution in [0.25, 0.3) is 0 Å².